The summed E-state index contributed by atoms with van der Waals surface area (Å²) in [5.41, 5.74) is 1.80. The fraction of sp³-hybridized carbons (Fsp3) is 0.350. The molecule has 1 aliphatic heterocycles. The number of carboxylic acids is 1. The quantitative estimate of drug-likeness (QED) is 0.639. The molecular formula is C20H24Cl2N2O4. The zero-order valence-electron chi connectivity index (χ0n) is 15.4. The fourth-order valence-corrected chi connectivity index (χ4v) is 3.26. The Hall–Kier alpha value is -1.83. The van der Waals surface area contributed by atoms with Crippen molar-refractivity contribution in [1.29, 1.82) is 0 Å². The van der Waals surface area contributed by atoms with Crippen LogP contribution in [0.3, 0.4) is 0 Å². The van der Waals surface area contributed by atoms with E-state index in [1.807, 2.05) is 0 Å². The molecule has 0 saturated carbocycles. The third-order valence-electron chi connectivity index (χ3n) is 4.24. The Kier molecular flexibility index (Phi) is 9.54. The van der Waals surface area contributed by atoms with Crippen LogP contribution in [0.2, 0.25) is 10.0 Å². The first-order chi connectivity index (χ1) is 13.5. The van der Waals surface area contributed by atoms with Crippen molar-refractivity contribution in [3.8, 4) is 0 Å². The van der Waals surface area contributed by atoms with Gasteiger partial charge in [-0.2, -0.15) is 0 Å². The standard InChI is InChI=1S/C14H11Cl2NO2.C6H13NO2/c15-10-5-3-6-11(16)14(10)17-12-7-2-1-4-9(12)8-13(18)19;8-4-1-7-2-5-9-6-3-7/h1-7,17H,8H2,(H,18,19);8H,1-6H2. The summed E-state index contributed by atoms with van der Waals surface area (Å²) in [4.78, 5) is 12.2. The summed E-state index contributed by atoms with van der Waals surface area (Å²) >= 11 is 12.1. The van der Waals surface area contributed by atoms with E-state index in [1.165, 1.54) is 4.90 Å². The lowest BCUT2D eigenvalue weighted by atomic mass is 10.1. The highest BCUT2D eigenvalue weighted by Crippen LogP contribution is 2.33. The molecule has 28 heavy (non-hydrogen) atoms. The van der Waals surface area contributed by atoms with Gasteiger partial charge >= 0.3 is 0 Å². The average Bonchev–Trinajstić information content (AvgIpc) is 2.67. The van der Waals surface area contributed by atoms with Crippen LogP contribution in [-0.2, 0) is 16.0 Å². The summed E-state index contributed by atoms with van der Waals surface area (Å²) in [7, 11) is 0. The van der Waals surface area contributed by atoms with Gasteiger partial charge in [0.15, 0.2) is 0 Å². The van der Waals surface area contributed by atoms with E-state index in [0.717, 1.165) is 32.8 Å². The molecule has 3 rings (SSSR count). The zero-order valence-corrected chi connectivity index (χ0v) is 16.9. The molecule has 6 nitrogen and oxygen atoms in total. The fourth-order valence-electron chi connectivity index (χ4n) is 2.77. The summed E-state index contributed by atoms with van der Waals surface area (Å²) in [6, 6.07) is 12.2. The van der Waals surface area contributed by atoms with Crippen molar-refractivity contribution in [2.24, 2.45) is 0 Å². The van der Waals surface area contributed by atoms with Gasteiger partial charge in [-0.05, 0) is 23.8 Å². The molecule has 1 heterocycles. The molecule has 2 aromatic carbocycles. The molecule has 0 aromatic heterocycles. The number of nitrogens with one attached hydrogen (secondary N) is 2. The highest BCUT2D eigenvalue weighted by Gasteiger charge is 2.11. The van der Waals surface area contributed by atoms with E-state index in [2.05, 4.69) is 5.32 Å². The second-order valence-electron chi connectivity index (χ2n) is 6.26. The predicted molar refractivity (Wildman–Crippen MR) is 108 cm³/mol. The minimum atomic E-state index is -1.14. The number of quaternary nitrogens is 1. The van der Waals surface area contributed by atoms with Crippen molar-refractivity contribution in [3.05, 3.63) is 58.1 Å². The highest BCUT2D eigenvalue weighted by atomic mass is 35.5. The van der Waals surface area contributed by atoms with Gasteiger partial charge in [0, 0.05) is 18.1 Å². The first-order valence-corrected chi connectivity index (χ1v) is 9.77. The number of carbonyl (C=O) groups is 1. The van der Waals surface area contributed by atoms with Crippen molar-refractivity contribution in [1.82, 2.24) is 0 Å². The molecule has 0 atom stereocenters. The van der Waals surface area contributed by atoms with Gasteiger partial charge in [0.1, 0.15) is 19.6 Å². The molecule has 2 aromatic rings. The van der Waals surface area contributed by atoms with Gasteiger partial charge in [-0.1, -0.05) is 47.5 Å². The lowest BCUT2D eigenvalue weighted by Gasteiger charge is -2.22. The largest absolute Gasteiger partial charge is 0.550 e. The normalized spacial score (nSPS) is 14.1. The number of carbonyl (C=O) groups excluding carboxylic acids is 1. The lowest BCUT2D eigenvalue weighted by molar-refractivity contribution is -0.908. The molecule has 0 spiro atoms. The Morgan fingerprint density at radius 1 is 1.11 bits per heavy atom. The second-order valence-corrected chi connectivity index (χ2v) is 7.08. The smallest absolute Gasteiger partial charge is 0.101 e. The Bertz CT molecular complexity index is 745. The molecule has 8 heteroatoms. The molecule has 0 unspecified atom stereocenters. The van der Waals surface area contributed by atoms with Gasteiger partial charge in [-0.15, -0.1) is 0 Å². The Labute approximate surface area is 174 Å². The number of hydrogen-bond donors (Lipinski definition) is 3. The van der Waals surface area contributed by atoms with Crippen LogP contribution in [0.5, 0.6) is 0 Å². The molecule has 1 aliphatic rings. The molecule has 3 N–H and O–H groups in total. The van der Waals surface area contributed by atoms with Crippen LogP contribution in [0, 0.1) is 0 Å². The van der Waals surface area contributed by atoms with Crippen LogP contribution < -0.4 is 15.3 Å². The van der Waals surface area contributed by atoms with E-state index in [4.69, 9.17) is 33.0 Å². The number of aliphatic carboxylic acids is 1. The van der Waals surface area contributed by atoms with Crippen LogP contribution in [0.1, 0.15) is 5.56 Å². The molecule has 1 fully saturated rings. The van der Waals surface area contributed by atoms with Gasteiger partial charge in [-0.3, -0.25) is 0 Å². The van der Waals surface area contributed by atoms with Crippen LogP contribution in [0.4, 0.5) is 11.4 Å². The molecule has 0 amide bonds. The molecule has 0 bridgehead atoms. The van der Waals surface area contributed by atoms with E-state index in [0.29, 0.717) is 33.6 Å². The van der Waals surface area contributed by atoms with Crippen molar-refractivity contribution < 1.29 is 24.6 Å². The number of rotatable bonds is 6. The Morgan fingerprint density at radius 2 is 1.75 bits per heavy atom. The number of benzene rings is 2. The monoisotopic (exact) mass is 426 g/mol. The third kappa shape index (κ3) is 7.30. The van der Waals surface area contributed by atoms with E-state index in [-0.39, 0.29) is 6.42 Å². The summed E-state index contributed by atoms with van der Waals surface area (Å²) in [5.74, 6) is -1.14. The number of halogens is 2. The van der Waals surface area contributed by atoms with E-state index >= 15 is 0 Å². The second kappa shape index (κ2) is 11.9. The first kappa shape index (κ1) is 22.5. The number of anilines is 2. The third-order valence-corrected chi connectivity index (χ3v) is 4.87. The minimum Gasteiger partial charge on any atom is -0.550 e. The summed E-state index contributed by atoms with van der Waals surface area (Å²) < 4.78 is 5.14. The van der Waals surface area contributed by atoms with Gasteiger partial charge < -0.3 is 30.0 Å². The van der Waals surface area contributed by atoms with Crippen molar-refractivity contribution in [2.45, 2.75) is 6.42 Å². The number of carboxylic acid groups (broad SMARTS) is 1. The SMILES string of the molecule is O=C([O-])Cc1ccccc1Nc1c(Cl)cccc1Cl.OCC[NH+]1CCOCC1. The van der Waals surface area contributed by atoms with Gasteiger partial charge in [0.25, 0.3) is 0 Å². The number of hydrogen-bond acceptors (Lipinski definition) is 5. The summed E-state index contributed by atoms with van der Waals surface area (Å²) in [5, 5.41) is 23.3. The maximum atomic E-state index is 10.7. The van der Waals surface area contributed by atoms with E-state index in [1.54, 1.807) is 42.5 Å². The number of aliphatic hydroxyl groups excluding tert-OH is 1. The van der Waals surface area contributed by atoms with Gasteiger partial charge in [-0.25, -0.2) is 0 Å². The molecule has 152 valence electrons. The summed E-state index contributed by atoms with van der Waals surface area (Å²) in [6.07, 6.45) is -0.175. The Balaban J connectivity index is 0.000000261. The van der Waals surface area contributed by atoms with Crippen LogP contribution >= 0.6 is 23.2 Å². The number of para-hydroxylation sites is 2. The summed E-state index contributed by atoms with van der Waals surface area (Å²) in [6.45, 7) is 5.00. The predicted octanol–water partition coefficient (Wildman–Crippen LogP) is 0.923. The highest BCUT2D eigenvalue weighted by molar-refractivity contribution is 6.39. The van der Waals surface area contributed by atoms with E-state index in [9.17, 15) is 9.90 Å². The number of morpholine rings is 1. The van der Waals surface area contributed by atoms with Crippen molar-refractivity contribution in [3.63, 3.8) is 0 Å². The molecule has 1 saturated heterocycles. The van der Waals surface area contributed by atoms with Crippen molar-refractivity contribution >= 4 is 40.5 Å². The first-order valence-electron chi connectivity index (χ1n) is 9.02. The maximum absolute atomic E-state index is 10.7. The van der Waals surface area contributed by atoms with E-state index < -0.39 is 5.97 Å². The zero-order chi connectivity index (χ0) is 20.4. The maximum Gasteiger partial charge on any atom is 0.101 e. The molecular weight excluding hydrogens is 403 g/mol. The number of ether oxygens (including phenoxy) is 1. The van der Waals surface area contributed by atoms with Crippen LogP contribution in [-0.4, -0.2) is 50.5 Å². The van der Waals surface area contributed by atoms with Crippen LogP contribution in [0.25, 0.3) is 0 Å². The van der Waals surface area contributed by atoms with Crippen molar-refractivity contribution in [2.75, 3.05) is 44.8 Å². The lowest BCUT2D eigenvalue weighted by Crippen LogP contribution is -3.14. The number of aliphatic hydroxyl groups is 1. The van der Waals surface area contributed by atoms with Crippen LogP contribution in [0.15, 0.2) is 42.5 Å². The van der Waals surface area contributed by atoms with Gasteiger partial charge in [0.05, 0.1) is 35.6 Å². The molecule has 0 aliphatic carbocycles. The Morgan fingerprint density at radius 3 is 2.36 bits per heavy atom. The molecule has 0 radical (unpaired) electrons. The van der Waals surface area contributed by atoms with Gasteiger partial charge in [0.2, 0.25) is 0 Å². The average molecular weight is 427 g/mol. The minimum absolute atomic E-state index is 0.175. The topological polar surface area (TPSA) is 86.1 Å².